The Morgan fingerprint density at radius 1 is 1.03 bits per heavy atom. The van der Waals surface area contributed by atoms with Crippen LogP contribution in [-0.2, 0) is 4.79 Å². The normalized spacial score (nSPS) is 14.4. The van der Waals surface area contributed by atoms with E-state index in [4.69, 9.17) is 23.2 Å². The van der Waals surface area contributed by atoms with Crippen molar-refractivity contribution in [3.8, 4) is 0 Å². The van der Waals surface area contributed by atoms with Gasteiger partial charge in [0, 0.05) is 47.2 Å². The smallest absolute Gasteiger partial charge is 0.267 e. The average Bonchev–Trinajstić information content (AvgIpc) is 3.09. The molecule has 3 aromatic rings. The van der Waals surface area contributed by atoms with Crippen molar-refractivity contribution >= 4 is 67.8 Å². The minimum Gasteiger partial charge on any atom is -0.366 e. The fourth-order valence-electron chi connectivity index (χ4n) is 3.75. The van der Waals surface area contributed by atoms with Crippen LogP contribution in [0.4, 0.5) is 11.4 Å². The number of piperazine rings is 1. The lowest BCUT2D eigenvalue weighted by Gasteiger charge is -2.37. The van der Waals surface area contributed by atoms with Gasteiger partial charge in [0.2, 0.25) is 5.91 Å². The number of rotatable bonds is 4. The van der Waals surface area contributed by atoms with Gasteiger partial charge >= 0.3 is 0 Å². The van der Waals surface area contributed by atoms with Crippen molar-refractivity contribution in [3.05, 3.63) is 57.4 Å². The van der Waals surface area contributed by atoms with Gasteiger partial charge in [-0.3, -0.25) is 9.59 Å². The maximum atomic E-state index is 13.1. The van der Waals surface area contributed by atoms with E-state index in [9.17, 15) is 9.59 Å². The molecule has 1 N–H and O–H groups in total. The molecule has 0 spiro atoms. The summed E-state index contributed by atoms with van der Waals surface area (Å²) in [6.07, 6.45) is 0. The third kappa shape index (κ3) is 4.52. The van der Waals surface area contributed by atoms with Gasteiger partial charge in [0.25, 0.3) is 5.91 Å². The molecule has 1 aromatic heterocycles. The summed E-state index contributed by atoms with van der Waals surface area (Å²) in [5.41, 5.74) is 1.66. The van der Waals surface area contributed by atoms with E-state index in [1.807, 2.05) is 55.1 Å². The van der Waals surface area contributed by atoms with Crippen LogP contribution in [0.2, 0.25) is 10.0 Å². The van der Waals surface area contributed by atoms with Crippen LogP contribution in [0, 0.1) is 5.92 Å². The van der Waals surface area contributed by atoms with Gasteiger partial charge in [-0.1, -0.05) is 55.2 Å². The Kier molecular flexibility index (Phi) is 6.42. The second-order valence-corrected chi connectivity index (χ2v) is 9.69. The first-order valence-corrected chi connectivity index (χ1v) is 11.7. The molecule has 1 aliphatic rings. The minimum absolute atomic E-state index is 0.000867. The lowest BCUT2D eigenvalue weighted by Crippen LogP contribution is -2.50. The number of carbonyl (C=O) groups is 2. The van der Waals surface area contributed by atoms with Crippen LogP contribution in [0.15, 0.2) is 42.5 Å². The molecule has 1 aliphatic heterocycles. The number of hydrogen-bond donors (Lipinski definition) is 1. The highest BCUT2D eigenvalue weighted by molar-refractivity contribution is 7.21. The Balaban J connectivity index is 1.53. The number of hydrogen-bond acceptors (Lipinski definition) is 4. The maximum Gasteiger partial charge on any atom is 0.267 e. The Labute approximate surface area is 195 Å². The average molecular weight is 476 g/mol. The van der Waals surface area contributed by atoms with Crippen molar-refractivity contribution in [2.75, 3.05) is 36.4 Å². The van der Waals surface area contributed by atoms with E-state index in [1.54, 1.807) is 6.07 Å². The monoisotopic (exact) mass is 475 g/mol. The van der Waals surface area contributed by atoms with E-state index >= 15 is 0 Å². The molecule has 0 unspecified atom stereocenters. The molecule has 2 heterocycles. The van der Waals surface area contributed by atoms with Crippen molar-refractivity contribution in [2.24, 2.45) is 5.92 Å². The molecule has 2 aromatic carbocycles. The third-order valence-electron chi connectivity index (χ3n) is 5.38. The highest BCUT2D eigenvalue weighted by Gasteiger charge is 2.25. The zero-order chi connectivity index (χ0) is 22.1. The molecule has 2 amide bonds. The zero-order valence-electron chi connectivity index (χ0n) is 17.3. The lowest BCUT2D eigenvalue weighted by atomic mass is 10.1. The quantitative estimate of drug-likeness (QED) is 0.521. The van der Waals surface area contributed by atoms with Gasteiger partial charge in [-0.05, 0) is 24.3 Å². The number of amides is 2. The van der Waals surface area contributed by atoms with Gasteiger partial charge in [-0.2, -0.15) is 0 Å². The van der Waals surface area contributed by atoms with E-state index in [1.165, 1.54) is 11.3 Å². The highest BCUT2D eigenvalue weighted by atomic mass is 35.5. The number of fused-ring (bicyclic) bond motifs is 1. The first kappa shape index (κ1) is 21.9. The van der Waals surface area contributed by atoms with Crippen LogP contribution < -0.4 is 10.2 Å². The van der Waals surface area contributed by atoms with Crippen LogP contribution in [-0.4, -0.2) is 42.9 Å². The molecular weight excluding hydrogens is 453 g/mol. The fraction of sp³-hybridized carbons (Fsp3) is 0.304. The zero-order valence-corrected chi connectivity index (χ0v) is 19.7. The summed E-state index contributed by atoms with van der Waals surface area (Å²) >= 11 is 13.9. The molecule has 1 saturated heterocycles. The fourth-order valence-corrected chi connectivity index (χ4v) is 5.44. The van der Waals surface area contributed by atoms with Gasteiger partial charge in [0.15, 0.2) is 0 Å². The topological polar surface area (TPSA) is 52.7 Å². The largest absolute Gasteiger partial charge is 0.366 e. The molecule has 5 nitrogen and oxygen atoms in total. The summed E-state index contributed by atoms with van der Waals surface area (Å²) in [6.45, 7) is 6.62. The summed E-state index contributed by atoms with van der Waals surface area (Å²) in [4.78, 5) is 29.9. The summed E-state index contributed by atoms with van der Waals surface area (Å²) in [5.74, 6) is -0.0665. The number of para-hydroxylation sites is 2. The van der Waals surface area contributed by atoms with Crippen LogP contribution in [0.25, 0.3) is 10.1 Å². The second kappa shape index (κ2) is 9.07. The molecule has 0 bridgehead atoms. The first-order valence-electron chi connectivity index (χ1n) is 10.2. The molecule has 0 saturated carbocycles. The number of anilines is 2. The number of benzene rings is 2. The van der Waals surface area contributed by atoms with Crippen molar-refractivity contribution in [2.45, 2.75) is 13.8 Å². The standard InChI is InChI=1S/C23H23Cl2N3O2S/c1-14(2)23(30)28-11-9-27(10-12-28)18-6-4-3-5-17(18)26-22(29)21-20(25)16-8-7-15(24)13-19(16)31-21/h3-8,13-14H,9-12H2,1-2H3,(H,26,29). The second-order valence-electron chi connectivity index (χ2n) is 7.82. The van der Waals surface area contributed by atoms with Gasteiger partial charge in [-0.25, -0.2) is 0 Å². The third-order valence-corrected chi connectivity index (χ3v) is 7.27. The van der Waals surface area contributed by atoms with Crippen LogP contribution in [0.1, 0.15) is 23.5 Å². The molecule has 4 rings (SSSR count). The van der Waals surface area contributed by atoms with E-state index in [0.29, 0.717) is 41.1 Å². The molecular formula is C23H23Cl2N3O2S. The molecule has 0 aliphatic carbocycles. The minimum atomic E-state index is -0.247. The van der Waals surface area contributed by atoms with Gasteiger partial charge in [0.05, 0.1) is 16.4 Å². The van der Waals surface area contributed by atoms with E-state index in [0.717, 1.165) is 21.5 Å². The van der Waals surface area contributed by atoms with Gasteiger partial charge < -0.3 is 15.1 Å². The number of halogens is 2. The van der Waals surface area contributed by atoms with Gasteiger partial charge in [-0.15, -0.1) is 11.3 Å². The van der Waals surface area contributed by atoms with Crippen LogP contribution in [0.5, 0.6) is 0 Å². The summed E-state index contributed by atoms with van der Waals surface area (Å²) < 4.78 is 0.877. The van der Waals surface area contributed by atoms with E-state index in [-0.39, 0.29) is 17.7 Å². The molecule has 31 heavy (non-hydrogen) atoms. The molecule has 8 heteroatoms. The van der Waals surface area contributed by atoms with Crippen LogP contribution >= 0.6 is 34.5 Å². The van der Waals surface area contributed by atoms with E-state index in [2.05, 4.69) is 10.2 Å². The predicted molar refractivity (Wildman–Crippen MR) is 130 cm³/mol. The van der Waals surface area contributed by atoms with E-state index < -0.39 is 0 Å². The summed E-state index contributed by atoms with van der Waals surface area (Å²) in [5, 5.41) is 4.89. The Bertz CT molecular complexity index is 1140. The van der Waals surface area contributed by atoms with Crippen molar-refractivity contribution in [1.82, 2.24) is 4.90 Å². The molecule has 0 atom stereocenters. The molecule has 162 valence electrons. The maximum absolute atomic E-state index is 13.1. The first-order chi connectivity index (χ1) is 14.8. The van der Waals surface area contributed by atoms with Crippen molar-refractivity contribution < 1.29 is 9.59 Å². The Hall–Kier alpha value is -2.28. The van der Waals surface area contributed by atoms with Gasteiger partial charge in [0.1, 0.15) is 4.88 Å². The Morgan fingerprint density at radius 2 is 1.74 bits per heavy atom. The number of carbonyl (C=O) groups excluding carboxylic acids is 2. The number of nitrogens with zero attached hydrogens (tertiary/aromatic N) is 2. The SMILES string of the molecule is CC(C)C(=O)N1CCN(c2ccccc2NC(=O)c2sc3cc(Cl)ccc3c2Cl)CC1. The molecule has 1 fully saturated rings. The van der Waals surface area contributed by atoms with Crippen molar-refractivity contribution in [1.29, 1.82) is 0 Å². The number of nitrogens with one attached hydrogen (secondary N) is 1. The number of thiophene rings is 1. The Morgan fingerprint density at radius 3 is 2.45 bits per heavy atom. The summed E-state index contributed by atoms with van der Waals surface area (Å²) in [6, 6.07) is 13.1. The summed E-state index contributed by atoms with van der Waals surface area (Å²) in [7, 11) is 0. The lowest BCUT2D eigenvalue weighted by molar-refractivity contribution is -0.134. The molecule has 0 radical (unpaired) electrons. The van der Waals surface area contributed by atoms with Crippen molar-refractivity contribution in [3.63, 3.8) is 0 Å². The van der Waals surface area contributed by atoms with Crippen LogP contribution in [0.3, 0.4) is 0 Å². The predicted octanol–water partition coefficient (Wildman–Crippen LogP) is 5.77. The highest BCUT2D eigenvalue weighted by Crippen LogP contribution is 2.37.